The molecule has 1 unspecified atom stereocenters. The van der Waals surface area contributed by atoms with Crippen molar-refractivity contribution in [3.63, 3.8) is 0 Å². The molecule has 2 aliphatic rings. The van der Waals surface area contributed by atoms with E-state index in [4.69, 9.17) is 4.42 Å². The van der Waals surface area contributed by atoms with E-state index in [1.165, 1.54) is 99.1 Å². The Bertz CT molecular complexity index is 4260. The SMILES string of the molecule is CC1(c2ccc3ccccc3c2)c2cccc3c2-c2c1ccc1c4ccccc4n(c21)-c1ccc(N(c2cccc(-c4cccc5ccccc45)c2)c2ccc4oc5ccccc5c4c2)cc1-3. The third-order valence-electron chi connectivity index (χ3n) is 15.1. The average Bonchev–Trinajstić information content (AvgIpc) is 3.99. The smallest absolute Gasteiger partial charge is 0.135 e. The van der Waals surface area contributed by atoms with Gasteiger partial charge in [0.25, 0.3) is 0 Å². The van der Waals surface area contributed by atoms with Crippen LogP contribution in [0.5, 0.6) is 0 Å². The molecule has 3 heterocycles. The standard InChI is InChI=1S/C64H40N2O/c1-64(43-28-27-39-13-2-3-15-41(39)35-43)55-24-12-23-51-53-37-45(29-33-58(53)66-57-25-8-6-20-49(57)52-31-32-56(64)62(61(51)55)63(52)66)65(46-30-34-60-54(38-46)50-21-7-9-26-59(50)67-60)44-18-10-17-42(36-44)48-22-11-16-40-14-4-5-19-47(40)48/h2-38H,1H3. The third kappa shape index (κ3) is 5.00. The maximum Gasteiger partial charge on any atom is 0.135 e. The zero-order valence-corrected chi connectivity index (χ0v) is 36.7. The Balaban J connectivity index is 1.01. The lowest BCUT2D eigenvalue weighted by Crippen LogP contribution is -2.22. The Kier molecular flexibility index (Phi) is 7.36. The molecule has 15 rings (SSSR count). The van der Waals surface area contributed by atoms with Gasteiger partial charge in [0.2, 0.25) is 0 Å². The molecule has 0 N–H and O–H groups in total. The van der Waals surface area contributed by atoms with E-state index in [2.05, 4.69) is 235 Å². The lowest BCUT2D eigenvalue weighted by Gasteiger charge is -2.30. The van der Waals surface area contributed by atoms with Crippen molar-refractivity contribution in [1.29, 1.82) is 0 Å². The van der Waals surface area contributed by atoms with Crippen LogP contribution >= 0.6 is 0 Å². The number of hydrogen-bond acceptors (Lipinski definition) is 2. The van der Waals surface area contributed by atoms with E-state index in [1.54, 1.807) is 0 Å². The number of para-hydroxylation sites is 2. The average molecular weight is 853 g/mol. The molecular formula is C64H40N2O. The van der Waals surface area contributed by atoms with Crippen molar-refractivity contribution in [3.8, 4) is 39.1 Å². The third-order valence-corrected chi connectivity index (χ3v) is 15.1. The van der Waals surface area contributed by atoms with Gasteiger partial charge in [-0.3, -0.25) is 0 Å². The number of benzene rings is 11. The van der Waals surface area contributed by atoms with Crippen LogP contribution in [0.1, 0.15) is 23.6 Å². The lowest BCUT2D eigenvalue weighted by atomic mass is 9.73. The fourth-order valence-corrected chi connectivity index (χ4v) is 12.1. The largest absolute Gasteiger partial charge is 0.456 e. The molecule has 3 nitrogen and oxygen atoms in total. The van der Waals surface area contributed by atoms with Crippen LogP contribution in [0.2, 0.25) is 0 Å². The van der Waals surface area contributed by atoms with Crippen LogP contribution < -0.4 is 4.90 Å². The Morgan fingerprint density at radius 2 is 1.09 bits per heavy atom. The van der Waals surface area contributed by atoms with E-state index in [0.29, 0.717) is 0 Å². The molecule has 0 saturated heterocycles. The summed E-state index contributed by atoms with van der Waals surface area (Å²) in [6.45, 7) is 2.45. The van der Waals surface area contributed by atoms with Gasteiger partial charge in [-0.25, -0.2) is 0 Å². The molecule has 67 heavy (non-hydrogen) atoms. The molecule has 0 saturated carbocycles. The highest BCUT2D eigenvalue weighted by molar-refractivity contribution is 6.19. The van der Waals surface area contributed by atoms with Crippen LogP contribution in [0.25, 0.3) is 104 Å². The molecule has 1 aliphatic heterocycles. The molecule has 0 bridgehead atoms. The van der Waals surface area contributed by atoms with Crippen molar-refractivity contribution in [2.24, 2.45) is 0 Å². The summed E-state index contributed by atoms with van der Waals surface area (Å²) >= 11 is 0. The summed E-state index contributed by atoms with van der Waals surface area (Å²) in [7, 11) is 0. The van der Waals surface area contributed by atoms with E-state index in [0.717, 1.165) is 39.0 Å². The summed E-state index contributed by atoms with van der Waals surface area (Å²) in [4.78, 5) is 2.44. The van der Waals surface area contributed by atoms with Crippen LogP contribution in [-0.2, 0) is 5.41 Å². The van der Waals surface area contributed by atoms with E-state index in [1.807, 2.05) is 6.07 Å². The Morgan fingerprint density at radius 1 is 0.403 bits per heavy atom. The lowest BCUT2D eigenvalue weighted by molar-refractivity contribution is 0.669. The van der Waals surface area contributed by atoms with Crippen molar-refractivity contribution >= 4 is 82.4 Å². The van der Waals surface area contributed by atoms with Crippen molar-refractivity contribution in [2.75, 3.05) is 4.90 Å². The van der Waals surface area contributed by atoms with Crippen molar-refractivity contribution in [3.05, 3.63) is 241 Å². The minimum atomic E-state index is -0.383. The van der Waals surface area contributed by atoms with Crippen molar-refractivity contribution in [2.45, 2.75) is 12.3 Å². The van der Waals surface area contributed by atoms with Gasteiger partial charge in [0.15, 0.2) is 0 Å². The fourth-order valence-electron chi connectivity index (χ4n) is 12.1. The van der Waals surface area contributed by atoms with Gasteiger partial charge >= 0.3 is 0 Å². The summed E-state index contributed by atoms with van der Waals surface area (Å²) in [6, 6.07) is 83.1. The van der Waals surface area contributed by atoms with Crippen LogP contribution in [0.15, 0.2) is 229 Å². The topological polar surface area (TPSA) is 21.3 Å². The van der Waals surface area contributed by atoms with E-state index in [9.17, 15) is 0 Å². The van der Waals surface area contributed by atoms with Gasteiger partial charge in [0.05, 0.1) is 16.7 Å². The normalized spacial score (nSPS) is 14.7. The van der Waals surface area contributed by atoms with Gasteiger partial charge in [-0.05, 0) is 134 Å². The van der Waals surface area contributed by atoms with Gasteiger partial charge in [0, 0.05) is 55.1 Å². The first-order chi connectivity index (χ1) is 33.1. The summed E-state index contributed by atoms with van der Waals surface area (Å²) < 4.78 is 8.96. The monoisotopic (exact) mass is 852 g/mol. The number of nitrogens with zero attached hydrogens (tertiary/aromatic N) is 2. The predicted octanol–water partition coefficient (Wildman–Crippen LogP) is 17.4. The molecule has 0 amide bonds. The summed E-state index contributed by atoms with van der Waals surface area (Å²) in [6.07, 6.45) is 0. The van der Waals surface area contributed by atoms with E-state index >= 15 is 0 Å². The number of aromatic nitrogens is 1. The van der Waals surface area contributed by atoms with Crippen LogP contribution in [0.3, 0.4) is 0 Å². The first-order valence-corrected chi connectivity index (χ1v) is 23.2. The van der Waals surface area contributed by atoms with Gasteiger partial charge in [-0.2, -0.15) is 0 Å². The molecule has 11 aromatic carbocycles. The first-order valence-electron chi connectivity index (χ1n) is 23.2. The molecule has 0 fully saturated rings. The van der Waals surface area contributed by atoms with E-state index < -0.39 is 0 Å². The second kappa shape index (κ2) is 13.4. The molecule has 0 spiro atoms. The molecule has 13 aromatic rings. The molecule has 3 heteroatoms. The molecule has 312 valence electrons. The van der Waals surface area contributed by atoms with Gasteiger partial charge in [0.1, 0.15) is 11.2 Å². The molecule has 1 atom stereocenters. The predicted molar refractivity (Wildman–Crippen MR) is 280 cm³/mol. The highest BCUT2D eigenvalue weighted by Gasteiger charge is 2.45. The molecule has 1 aliphatic carbocycles. The van der Waals surface area contributed by atoms with Crippen LogP contribution in [0, 0.1) is 0 Å². The highest BCUT2D eigenvalue weighted by Crippen LogP contribution is 2.60. The van der Waals surface area contributed by atoms with Crippen LogP contribution in [0.4, 0.5) is 17.1 Å². The summed E-state index contributed by atoms with van der Waals surface area (Å²) in [5.74, 6) is 0. The quantitative estimate of drug-likeness (QED) is 0.172. The minimum Gasteiger partial charge on any atom is -0.456 e. The van der Waals surface area contributed by atoms with Gasteiger partial charge in [-0.1, -0.05) is 158 Å². The van der Waals surface area contributed by atoms with E-state index in [-0.39, 0.29) is 5.41 Å². The Labute approximate surface area is 387 Å². The number of anilines is 3. The first kappa shape index (κ1) is 36.7. The van der Waals surface area contributed by atoms with Gasteiger partial charge < -0.3 is 13.9 Å². The van der Waals surface area contributed by atoms with Gasteiger partial charge in [-0.15, -0.1) is 0 Å². The zero-order valence-electron chi connectivity index (χ0n) is 36.7. The molecule has 0 radical (unpaired) electrons. The minimum absolute atomic E-state index is 0.383. The summed E-state index contributed by atoms with van der Waals surface area (Å²) in [5, 5.41) is 9.73. The zero-order chi connectivity index (χ0) is 44.0. The second-order valence-electron chi connectivity index (χ2n) is 18.5. The highest BCUT2D eigenvalue weighted by atomic mass is 16.3. The fraction of sp³-hybridized carbons (Fsp3) is 0.0312. The summed E-state index contributed by atoms with van der Waals surface area (Å²) in [5.41, 5.74) is 19.8. The van der Waals surface area contributed by atoms with Crippen molar-refractivity contribution < 1.29 is 4.42 Å². The maximum atomic E-state index is 6.39. The second-order valence-corrected chi connectivity index (χ2v) is 18.5. The molecule has 2 aromatic heterocycles. The number of fused-ring (bicyclic) bond motifs is 11. The van der Waals surface area contributed by atoms with Crippen LogP contribution in [-0.4, -0.2) is 4.57 Å². The van der Waals surface area contributed by atoms with Crippen molar-refractivity contribution in [1.82, 2.24) is 4.57 Å². The molecular weight excluding hydrogens is 813 g/mol. The Hall–Kier alpha value is -8.66. The maximum absolute atomic E-state index is 6.39. The number of rotatable bonds is 5. The Morgan fingerprint density at radius 3 is 2.01 bits per heavy atom. The number of furan rings is 1. The number of hydrogen-bond donors (Lipinski definition) is 0.